The van der Waals surface area contributed by atoms with Crippen LogP contribution in [-0.4, -0.2) is 14.5 Å². The third kappa shape index (κ3) is 4.87. The Morgan fingerprint density at radius 1 is 0.283 bits per heavy atom. The molecule has 2 heteroatoms. The molecule has 2 heterocycles. The summed E-state index contributed by atoms with van der Waals surface area (Å²) in [6.07, 6.45) is 0. The van der Waals surface area contributed by atoms with Gasteiger partial charge in [-0.15, -0.1) is 0 Å². The minimum absolute atomic E-state index is 0.0923. The van der Waals surface area contributed by atoms with Gasteiger partial charge in [0.1, 0.15) is 0 Å². The fraction of sp³-hybridized carbons (Fsp3) is 0. The molecule has 0 unspecified atom stereocenters. The van der Waals surface area contributed by atoms with Crippen molar-refractivity contribution in [3.05, 3.63) is 206 Å². The molecule has 0 radical (unpaired) electrons. The van der Waals surface area contributed by atoms with Gasteiger partial charge in [-0.2, -0.15) is 0 Å². The molecular weight excluding hydrogens is 792 g/mol. The number of benzene rings is 11. The topological polar surface area (TPSA) is 13.1 Å². The fourth-order valence-corrected chi connectivity index (χ4v) is 12.8. The maximum absolute atomic E-state index is 6.42. The van der Waals surface area contributed by atoms with Gasteiger partial charge in [0.2, 0.25) is 0 Å². The molecular formula is C58H34OSe. The molecule has 13 rings (SSSR count). The average Bonchev–Trinajstić information content (AvgIpc) is 3.89. The molecule has 0 saturated carbocycles. The first-order valence-corrected chi connectivity index (χ1v) is 22.3. The fourth-order valence-electron chi connectivity index (χ4n) is 10.2. The summed E-state index contributed by atoms with van der Waals surface area (Å²) in [5.41, 5.74) is 12.1. The van der Waals surface area contributed by atoms with E-state index in [0.717, 1.165) is 16.6 Å². The third-order valence-electron chi connectivity index (χ3n) is 12.7. The van der Waals surface area contributed by atoms with E-state index < -0.39 is 0 Å². The summed E-state index contributed by atoms with van der Waals surface area (Å²) in [6, 6.07) is 76.1. The summed E-state index contributed by atoms with van der Waals surface area (Å²) >= 11 is 0.0923. The van der Waals surface area contributed by atoms with E-state index in [-0.39, 0.29) is 14.5 Å². The predicted molar refractivity (Wildman–Crippen MR) is 257 cm³/mol. The number of furan rings is 1. The molecule has 0 spiro atoms. The Kier molecular flexibility index (Phi) is 7.39. The Hall–Kier alpha value is -7.22. The zero-order valence-electron chi connectivity index (χ0n) is 32.4. The molecule has 0 N–H and O–H groups in total. The van der Waals surface area contributed by atoms with Gasteiger partial charge >= 0.3 is 354 Å². The molecule has 0 amide bonds. The van der Waals surface area contributed by atoms with E-state index in [2.05, 4.69) is 206 Å². The quantitative estimate of drug-likeness (QED) is 0.127. The van der Waals surface area contributed by atoms with Crippen LogP contribution in [0.15, 0.2) is 211 Å². The van der Waals surface area contributed by atoms with Gasteiger partial charge in [-0.05, 0) is 0 Å². The van der Waals surface area contributed by atoms with Crippen molar-refractivity contribution in [2.24, 2.45) is 0 Å². The zero-order valence-corrected chi connectivity index (χ0v) is 34.2. The van der Waals surface area contributed by atoms with Gasteiger partial charge in [0, 0.05) is 0 Å². The molecule has 0 aliphatic heterocycles. The summed E-state index contributed by atoms with van der Waals surface area (Å²) in [6.45, 7) is 0. The maximum atomic E-state index is 6.42. The number of rotatable bonds is 4. The van der Waals surface area contributed by atoms with Crippen LogP contribution in [0.3, 0.4) is 0 Å². The van der Waals surface area contributed by atoms with E-state index in [1.165, 1.54) is 112 Å². The summed E-state index contributed by atoms with van der Waals surface area (Å²) < 4.78 is 9.31. The Morgan fingerprint density at radius 2 is 0.733 bits per heavy atom. The van der Waals surface area contributed by atoms with E-state index in [0.29, 0.717) is 0 Å². The summed E-state index contributed by atoms with van der Waals surface area (Å²) in [5.74, 6) is 0. The van der Waals surface area contributed by atoms with Gasteiger partial charge in [0.25, 0.3) is 0 Å². The van der Waals surface area contributed by atoms with Crippen molar-refractivity contribution in [3.63, 3.8) is 0 Å². The molecule has 0 fully saturated rings. The Morgan fingerprint density at radius 3 is 1.35 bits per heavy atom. The molecule has 13 aromatic rings. The number of fused-ring (bicyclic) bond motifs is 10. The van der Waals surface area contributed by atoms with Crippen LogP contribution in [0.25, 0.3) is 129 Å². The van der Waals surface area contributed by atoms with Crippen molar-refractivity contribution in [1.82, 2.24) is 0 Å². The predicted octanol–water partition coefficient (Wildman–Crippen LogP) is 16.2. The van der Waals surface area contributed by atoms with Crippen LogP contribution in [0.2, 0.25) is 0 Å². The van der Waals surface area contributed by atoms with Crippen LogP contribution in [0.1, 0.15) is 0 Å². The summed E-state index contributed by atoms with van der Waals surface area (Å²) in [4.78, 5) is 0. The van der Waals surface area contributed by atoms with E-state index in [1.807, 2.05) is 0 Å². The molecule has 1 nitrogen and oxygen atoms in total. The number of hydrogen-bond donors (Lipinski definition) is 0. The first-order chi connectivity index (χ1) is 29.8. The minimum atomic E-state index is 0.0923. The Balaban J connectivity index is 1.06. The second-order valence-electron chi connectivity index (χ2n) is 15.8. The average molecular weight is 826 g/mol. The molecule has 0 atom stereocenters. The van der Waals surface area contributed by atoms with Crippen molar-refractivity contribution in [2.75, 3.05) is 0 Å². The van der Waals surface area contributed by atoms with Crippen molar-refractivity contribution < 1.29 is 4.42 Å². The monoisotopic (exact) mass is 826 g/mol. The Labute approximate surface area is 352 Å². The van der Waals surface area contributed by atoms with Gasteiger partial charge < -0.3 is 0 Å². The van der Waals surface area contributed by atoms with Crippen molar-refractivity contribution in [1.29, 1.82) is 0 Å². The molecule has 11 aromatic carbocycles. The van der Waals surface area contributed by atoms with Gasteiger partial charge in [-0.3, -0.25) is 0 Å². The van der Waals surface area contributed by atoms with Crippen LogP contribution in [0.5, 0.6) is 0 Å². The number of para-hydroxylation sites is 1. The second-order valence-corrected chi connectivity index (χ2v) is 18.0. The SMILES string of the molecule is c1ccc(-c2c3ccccc3c(-c3ccc4c(c3)[se]c3c(-c5c6ccccc6c(-c6cccc7oc8ccccc8c67)c6ccccc56)cccc34)c3ccccc23)cc1. The van der Waals surface area contributed by atoms with E-state index in [4.69, 9.17) is 4.42 Å². The van der Waals surface area contributed by atoms with Crippen molar-refractivity contribution in [3.8, 4) is 44.5 Å². The second kappa shape index (κ2) is 13.1. The molecule has 0 aliphatic carbocycles. The zero-order chi connectivity index (χ0) is 39.3. The number of hydrogen-bond acceptors (Lipinski definition) is 1. The van der Waals surface area contributed by atoms with Crippen LogP contribution in [-0.2, 0) is 0 Å². The third-order valence-corrected chi connectivity index (χ3v) is 15.2. The van der Waals surface area contributed by atoms with Crippen molar-refractivity contribution in [2.45, 2.75) is 0 Å². The normalized spacial score (nSPS) is 12.0. The first-order valence-electron chi connectivity index (χ1n) is 20.6. The summed E-state index contributed by atoms with van der Waals surface area (Å²) in [7, 11) is 0. The molecule has 0 saturated heterocycles. The summed E-state index contributed by atoms with van der Waals surface area (Å²) in [5, 5.41) is 15.2. The van der Waals surface area contributed by atoms with Crippen molar-refractivity contribution >= 4 is 98.8 Å². The van der Waals surface area contributed by atoms with E-state index in [1.54, 1.807) is 0 Å². The first kappa shape index (κ1) is 33.7. The Bertz CT molecular complexity index is 3770. The molecule has 278 valence electrons. The molecule has 0 aliphatic rings. The van der Waals surface area contributed by atoms with Gasteiger partial charge in [0.15, 0.2) is 0 Å². The molecule has 0 bridgehead atoms. The van der Waals surface area contributed by atoms with Gasteiger partial charge in [0.05, 0.1) is 0 Å². The van der Waals surface area contributed by atoms with Crippen LogP contribution < -0.4 is 0 Å². The van der Waals surface area contributed by atoms with Crippen LogP contribution >= 0.6 is 0 Å². The molecule has 2 aromatic heterocycles. The van der Waals surface area contributed by atoms with Gasteiger partial charge in [-0.25, -0.2) is 0 Å². The van der Waals surface area contributed by atoms with Crippen LogP contribution in [0, 0.1) is 0 Å². The molecule has 60 heavy (non-hydrogen) atoms. The standard InChI is InChI=1S/C58H34OSe/c1-2-16-35(17-3-1)53-38-18-4-6-20-40(38)54(41-21-7-5-19-39(41)53)36-32-33-37-46-27-14-29-49(58(46)60-52(37)34-36)56-44-24-10-8-22-42(44)55(43-23-9-11-25-45(43)56)48-28-15-31-51-57(48)47-26-12-13-30-50(47)59-51/h1-34H. The van der Waals surface area contributed by atoms with Gasteiger partial charge in [-0.1, -0.05) is 0 Å². The van der Waals surface area contributed by atoms with Crippen LogP contribution in [0.4, 0.5) is 0 Å². The van der Waals surface area contributed by atoms with E-state index in [9.17, 15) is 0 Å². The van der Waals surface area contributed by atoms with E-state index >= 15 is 0 Å².